The second-order valence-corrected chi connectivity index (χ2v) is 3.14. The van der Waals surface area contributed by atoms with Gasteiger partial charge in [-0.2, -0.15) is 0 Å². The van der Waals surface area contributed by atoms with Crippen LogP contribution < -0.4 is 4.90 Å². The van der Waals surface area contributed by atoms with Gasteiger partial charge in [0, 0.05) is 25.3 Å². The lowest BCUT2D eigenvalue weighted by Gasteiger charge is -2.11. The first-order valence-electron chi connectivity index (χ1n) is 4.24. The topological polar surface area (TPSA) is 42.2 Å². The van der Waals surface area contributed by atoms with E-state index in [1.807, 2.05) is 43.3 Å². The van der Waals surface area contributed by atoms with Gasteiger partial charge in [0.15, 0.2) is 0 Å². The van der Waals surface area contributed by atoms with Crippen LogP contribution in [0.15, 0.2) is 28.7 Å². The summed E-state index contributed by atoms with van der Waals surface area (Å²) in [5.74, 6) is 0.496. The van der Waals surface area contributed by atoms with Crippen LogP contribution in [0.5, 0.6) is 0 Å². The van der Waals surface area contributed by atoms with Crippen LogP contribution in [0.3, 0.4) is 0 Å². The summed E-state index contributed by atoms with van der Waals surface area (Å²) in [5, 5.41) is 7.28. The summed E-state index contributed by atoms with van der Waals surface area (Å²) in [6.45, 7) is 0. The van der Waals surface area contributed by atoms with E-state index in [4.69, 9.17) is 4.42 Å². The number of benzene rings is 1. The van der Waals surface area contributed by atoms with Crippen LogP contribution in [0.4, 0.5) is 5.69 Å². The van der Waals surface area contributed by atoms with E-state index in [0.29, 0.717) is 5.89 Å². The molecule has 0 fully saturated rings. The summed E-state index contributed by atoms with van der Waals surface area (Å²) in [6.07, 6.45) is 2.32. The maximum Gasteiger partial charge on any atom is 0.306 e. The number of hydrogen-bond donors (Lipinski definition) is 0. The largest absolute Gasteiger partial charge is 0.412 e. The average molecular weight is 188 g/mol. The zero-order valence-corrected chi connectivity index (χ0v) is 8.06. The molecule has 0 aliphatic rings. The first-order chi connectivity index (χ1) is 6.77. The monoisotopic (exact) mass is 188 g/mol. The molecule has 1 heterocycles. The standard InChI is InChI=1S/C10H10N3O/c1-13(2)9-5-3-8(4-6-9)10-12-11-7-14-10/h3-6H,1-2H3. The van der Waals surface area contributed by atoms with Crippen molar-refractivity contribution in [2.24, 2.45) is 0 Å². The SMILES string of the molecule is CN(C)c1ccc(-c2nn[c]o2)cc1. The number of nitrogens with zero attached hydrogens (tertiary/aromatic N) is 3. The molecule has 0 atom stereocenters. The molecule has 0 N–H and O–H groups in total. The van der Waals surface area contributed by atoms with Crippen molar-refractivity contribution in [2.75, 3.05) is 19.0 Å². The van der Waals surface area contributed by atoms with Gasteiger partial charge in [-0.15, -0.1) is 10.2 Å². The minimum Gasteiger partial charge on any atom is -0.412 e. The van der Waals surface area contributed by atoms with Crippen LogP contribution >= 0.6 is 0 Å². The molecule has 1 radical (unpaired) electrons. The molecule has 0 aliphatic heterocycles. The third-order valence-corrected chi connectivity index (χ3v) is 1.95. The molecule has 0 amide bonds. The predicted molar refractivity (Wildman–Crippen MR) is 52.9 cm³/mol. The van der Waals surface area contributed by atoms with E-state index in [2.05, 4.69) is 16.6 Å². The van der Waals surface area contributed by atoms with Gasteiger partial charge >= 0.3 is 6.39 Å². The highest BCUT2D eigenvalue weighted by Crippen LogP contribution is 2.19. The molecule has 4 heteroatoms. The fraction of sp³-hybridized carbons (Fsp3) is 0.200. The summed E-state index contributed by atoms with van der Waals surface area (Å²) in [6, 6.07) is 7.88. The van der Waals surface area contributed by atoms with E-state index in [-0.39, 0.29) is 0 Å². The summed E-state index contributed by atoms with van der Waals surface area (Å²) >= 11 is 0. The van der Waals surface area contributed by atoms with E-state index in [0.717, 1.165) is 11.3 Å². The summed E-state index contributed by atoms with van der Waals surface area (Å²) in [4.78, 5) is 2.03. The van der Waals surface area contributed by atoms with Crippen LogP contribution in [0.25, 0.3) is 11.5 Å². The molecule has 0 bridgehead atoms. The average Bonchev–Trinajstić information content (AvgIpc) is 2.71. The van der Waals surface area contributed by atoms with E-state index in [9.17, 15) is 0 Å². The first-order valence-corrected chi connectivity index (χ1v) is 4.24. The Morgan fingerprint density at radius 3 is 2.43 bits per heavy atom. The van der Waals surface area contributed by atoms with Gasteiger partial charge in [-0.25, -0.2) is 0 Å². The van der Waals surface area contributed by atoms with Gasteiger partial charge in [-0.05, 0) is 24.3 Å². The minimum absolute atomic E-state index is 0.496. The summed E-state index contributed by atoms with van der Waals surface area (Å²) < 4.78 is 4.96. The zero-order valence-electron chi connectivity index (χ0n) is 8.06. The second kappa shape index (κ2) is 3.49. The summed E-state index contributed by atoms with van der Waals surface area (Å²) in [5.41, 5.74) is 2.04. The molecule has 2 aromatic rings. The molecule has 71 valence electrons. The van der Waals surface area contributed by atoms with Gasteiger partial charge in [0.25, 0.3) is 0 Å². The van der Waals surface area contributed by atoms with Crippen molar-refractivity contribution in [3.63, 3.8) is 0 Å². The molecule has 0 aliphatic carbocycles. The van der Waals surface area contributed by atoms with Crippen LogP contribution in [0.1, 0.15) is 0 Å². The lowest BCUT2D eigenvalue weighted by atomic mass is 10.2. The van der Waals surface area contributed by atoms with Crippen molar-refractivity contribution in [1.82, 2.24) is 10.2 Å². The Balaban J connectivity index is 2.31. The Labute approximate surface area is 82.2 Å². The Morgan fingerprint density at radius 2 is 1.93 bits per heavy atom. The number of rotatable bonds is 2. The fourth-order valence-electron chi connectivity index (χ4n) is 1.17. The predicted octanol–water partition coefficient (Wildman–Crippen LogP) is 1.60. The lowest BCUT2D eigenvalue weighted by molar-refractivity contribution is 0.559. The molecule has 0 saturated carbocycles. The van der Waals surface area contributed by atoms with Gasteiger partial charge in [0.05, 0.1) is 0 Å². The molecule has 0 spiro atoms. The molecule has 14 heavy (non-hydrogen) atoms. The van der Waals surface area contributed by atoms with Crippen molar-refractivity contribution in [2.45, 2.75) is 0 Å². The molecule has 1 aromatic carbocycles. The molecule has 2 rings (SSSR count). The number of hydrogen-bond acceptors (Lipinski definition) is 4. The Hall–Kier alpha value is -1.84. The highest BCUT2D eigenvalue weighted by Gasteiger charge is 2.03. The zero-order chi connectivity index (χ0) is 9.97. The quantitative estimate of drug-likeness (QED) is 0.718. The van der Waals surface area contributed by atoms with Crippen molar-refractivity contribution in [1.29, 1.82) is 0 Å². The van der Waals surface area contributed by atoms with E-state index in [1.165, 1.54) is 0 Å². The Kier molecular flexibility index (Phi) is 2.18. The van der Waals surface area contributed by atoms with Gasteiger partial charge in [-0.3, -0.25) is 0 Å². The van der Waals surface area contributed by atoms with Gasteiger partial charge in [0.1, 0.15) is 0 Å². The Morgan fingerprint density at radius 1 is 1.21 bits per heavy atom. The van der Waals surface area contributed by atoms with E-state index in [1.54, 1.807) is 0 Å². The number of anilines is 1. The normalized spacial score (nSPS) is 10.1. The van der Waals surface area contributed by atoms with Gasteiger partial charge < -0.3 is 9.32 Å². The minimum atomic E-state index is 0.496. The van der Waals surface area contributed by atoms with Crippen molar-refractivity contribution >= 4 is 5.69 Å². The van der Waals surface area contributed by atoms with E-state index >= 15 is 0 Å². The Bertz CT molecular complexity index is 392. The maximum absolute atomic E-state index is 4.96. The highest BCUT2D eigenvalue weighted by molar-refractivity contribution is 5.58. The smallest absolute Gasteiger partial charge is 0.306 e. The lowest BCUT2D eigenvalue weighted by Crippen LogP contribution is -2.07. The van der Waals surface area contributed by atoms with E-state index < -0.39 is 0 Å². The fourth-order valence-corrected chi connectivity index (χ4v) is 1.17. The van der Waals surface area contributed by atoms with Crippen molar-refractivity contribution < 1.29 is 4.42 Å². The van der Waals surface area contributed by atoms with Crippen LogP contribution in [0, 0.1) is 6.39 Å². The third-order valence-electron chi connectivity index (χ3n) is 1.95. The van der Waals surface area contributed by atoms with Crippen molar-refractivity contribution in [3.05, 3.63) is 30.7 Å². The molecule has 0 unspecified atom stereocenters. The summed E-state index contributed by atoms with van der Waals surface area (Å²) in [7, 11) is 3.99. The maximum atomic E-state index is 4.96. The van der Waals surface area contributed by atoms with Crippen molar-refractivity contribution in [3.8, 4) is 11.5 Å². The third kappa shape index (κ3) is 1.59. The number of aromatic nitrogens is 2. The molecular formula is C10H10N3O. The van der Waals surface area contributed by atoms with Gasteiger partial charge in [0.2, 0.25) is 5.89 Å². The second-order valence-electron chi connectivity index (χ2n) is 3.14. The van der Waals surface area contributed by atoms with Crippen LogP contribution in [-0.4, -0.2) is 24.3 Å². The molecule has 1 aromatic heterocycles. The van der Waals surface area contributed by atoms with Crippen LogP contribution in [0.2, 0.25) is 0 Å². The van der Waals surface area contributed by atoms with Crippen LogP contribution in [-0.2, 0) is 0 Å². The molecule has 0 saturated heterocycles. The highest BCUT2D eigenvalue weighted by atomic mass is 16.4. The van der Waals surface area contributed by atoms with Gasteiger partial charge in [-0.1, -0.05) is 0 Å². The first kappa shape index (κ1) is 8.74. The molecular weight excluding hydrogens is 178 g/mol. The molecule has 4 nitrogen and oxygen atoms in total.